The van der Waals surface area contributed by atoms with Gasteiger partial charge >= 0.3 is 6.03 Å². The van der Waals surface area contributed by atoms with Gasteiger partial charge in [-0.2, -0.15) is 0 Å². The zero-order chi connectivity index (χ0) is 18.8. The average molecular weight is 366 g/mol. The minimum atomic E-state index is -0.413. The Hall–Kier alpha value is -3.62. The quantitative estimate of drug-likeness (QED) is 0.734. The summed E-state index contributed by atoms with van der Waals surface area (Å²) in [5.41, 5.74) is 1.22. The van der Waals surface area contributed by atoms with Crippen LogP contribution in [0.3, 0.4) is 0 Å². The van der Waals surface area contributed by atoms with Gasteiger partial charge in [-0.15, -0.1) is 10.2 Å². The molecule has 2 N–H and O–H groups in total. The maximum atomic E-state index is 12.3. The van der Waals surface area contributed by atoms with Crippen molar-refractivity contribution < 1.29 is 14.3 Å². The number of nitrogens with zero attached hydrogens (tertiary/aromatic N) is 4. The predicted molar refractivity (Wildman–Crippen MR) is 98.8 cm³/mol. The van der Waals surface area contributed by atoms with Crippen molar-refractivity contribution in [2.45, 2.75) is 19.9 Å². The van der Waals surface area contributed by atoms with E-state index in [2.05, 4.69) is 25.8 Å². The molecule has 1 aliphatic heterocycles. The number of fused-ring (bicyclic) bond motifs is 1. The second-order valence-electron chi connectivity index (χ2n) is 6.21. The first-order valence-electron chi connectivity index (χ1n) is 8.45. The largest absolute Gasteiger partial charge is 0.454 e. The molecule has 0 atom stereocenters. The van der Waals surface area contributed by atoms with Crippen molar-refractivity contribution in [3.05, 3.63) is 42.7 Å². The topological polar surface area (TPSA) is 103 Å². The first-order valence-corrected chi connectivity index (χ1v) is 8.45. The van der Waals surface area contributed by atoms with Gasteiger partial charge in [-0.25, -0.2) is 9.78 Å². The standard InChI is InChI=1S/C18H18N6O3/c1-11(2)24-9-19-23-17(24)13-4-3-5-16(21-13)22-18(25)20-12-6-7-14-15(8-12)27-10-26-14/h3-9,11H,10H2,1-2H3,(H2,20,21,22,25). The fourth-order valence-corrected chi connectivity index (χ4v) is 2.69. The number of nitrogens with one attached hydrogen (secondary N) is 2. The molecule has 0 saturated carbocycles. The number of carbonyl (C=O) groups excluding carboxylic acids is 1. The molecule has 9 heteroatoms. The Balaban J connectivity index is 1.48. The lowest BCUT2D eigenvalue weighted by Crippen LogP contribution is -2.20. The number of benzene rings is 1. The summed E-state index contributed by atoms with van der Waals surface area (Å²) in [7, 11) is 0. The van der Waals surface area contributed by atoms with Gasteiger partial charge in [0.05, 0.1) is 0 Å². The van der Waals surface area contributed by atoms with E-state index in [-0.39, 0.29) is 12.8 Å². The summed E-state index contributed by atoms with van der Waals surface area (Å²) in [4.78, 5) is 16.7. The average Bonchev–Trinajstić information content (AvgIpc) is 3.30. The van der Waals surface area contributed by atoms with Crippen molar-refractivity contribution in [3.63, 3.8) is 0 Å². The van der Waals surface area contributed by atoms with Gasteiger partial charge in [0.25, 0.3) is 0 Å². The van der Waals surface area contributed by atoms with Crippen molar-refractivity contribution in [3.8, 4) is 23.0 Å². The van der Waals surface area contributed by atoms with Crippen molar-refractivity contribution >= 4 is 17.5 Å². The molecule has 0 bridgehead atoms. The Bertz CT molecular complexity index is 985. The zero-order valence-electron chi connectivity index (χ0n) is 14.8. The summed E-state index contributed by atoms with van der Waals surface area (Å²) in [5, 5.41) is 13.5. The van der Waals surface area contributed by atoms with E-state index in [1.54, 1.807) is 36.7 Å². The van der Waals surface area contributed by atoms with Crippen molar-refractivity contribution in [1.82, 2.24) is 19.7 Å². The third-order valence-electron chi connectivity index (χ3n) is 3.98. The smallest absolute Gasteiger partial charge is 0.324 e. The number of rotatable bonds is 4. The lowest BCUT2D eigenvalue weighted by atomic mass is 10.3. The number of carbonyl (C=O) groups is 1. The lowest BCUT2D eigenvalue weighted by Gasteiger charge is -2.11. The van der Waals surface area contributed by atoms with Crippen LogP contribution in [-0.4, -0.2) is 32.6 Å². The van der Waals surface area contributed by atoms with Crippen LogP contribution >= 0.6 is 0 Å². The van der Waals surface area contributed by atoms with Crippen LogP contribution in [0.2, 0.25) is 0 Å². The van der Waals surface area contributed by atoms with E-state index in [1.165, 1.54) is 0 Å². The van der Waals surface area contributed by atoms with Crippen LogP contribution in [-0.2, 0) is 0 Å². The van der Waals surface area contributed by atoms with E-state index in [0.29, 0.717) is 34.5 Å². The predicted octanol–water partition coefficient (Wildman–Crippen LogP) is 3.29. The van der Waals surface area contributed by atoms with Gasteiger partial charge in [0.2, 0.25) is 6.79 Å². The fraction of sp³-hybridized carbons (Fsp3) is 0.222. The summed E-state index contributed by atoms with van der Waals surface area (Å²) in [6, 6.07) is 10.3. The Kier molecular flexibility index (Phi) is 4.33. The highest BCUT2D eigenvalue weighted by atomic mass is 16.7. The SMILES string of the molecule is CC(C)n1cnnc1-c1cccc(NC(=O)Nc2ccc3c(c2)OCO3)n1. The number of hydrogen-bond donors (Lipinski definition) is 2. The van der Waals surface area contributed by atoms with Crippen LogP contribution in [0.4, 0.5) is 16.3 Å². The van der Waals surface area contributed by atoms with E-state index in [9.17, 15) is 4.79 Å². The molecule has 0 fully saturated rings. The third kappa shape index (κ3) is 3.52. The normalized spacial score (nSPS) is 12.3. The van der Waals surface area contributed by atoms with Gasteiger partial charge < -0.3 is 19.4 Å². The molecule has 3 heterocycles. The maximum Gasteiger partial charge on any atom is 0.324 e. The zero-order valence-corrected chi connectivity index (χ0v) is 14.8. The molecule has 0 spiro atoms. The number of urea groups is 1. The molecular formula is C18H18N6O3. The number of pyridine rings is 1. The highest BCUT2D eigenvalue weighted by molar-refractivity contribution is 5.99. The molecule has 0 unspecified atom stereocenters. The molecular weight excluding hydrogens is 348 g/mol. The molecule has 2 aromatic heterocycles. The van der Waals surface area contributed by atoms with Crippen molar-refractivity contribution in [2.75, 3.05) is 17.4 Å². The fourth-order valence-electron chi connectivity index (χ4n) is 2.69. The highest BCUT2D eigenvalue weighted by Crippen LogP contribution is 2.34. The molecule has 0 aliphatic carbocycles. The van der Waals surface area contributed by atoms with Gasteiger partial charge in [-0.1, -0.05) is 6.07 Å². The van der Waals surface area contributed by atoms with Gasteiger partial charge in [0.15, 0.2) is 17.3 Å². The van der Waals surface area contributed by atoms with Crippen LogP contribution in [0.15, 0.2) is 42.7 Å². The number of aromatic nitrogens is 4. The monoisotopic (exact) mass is 366 g/mol. The van der Waals surface area contributed by atoms with Crippen molar-refractivity contribution in [1.29, 1.82) is 0 Å². The van der Waals surface area contributed by atoms with Gasteiger partial charge in [-0.05, 0) is 38.1 Å². The summed E-state index contributed by atoms with van der Waals surface area (Å²) in [5.74, 6) is 2.31. The molecule has 0 saturated heterocycles. The number of anilines is 2. The molecule has 3 aromatic rings. The molecule has 138 valence electrons. The molecule has 4 rings (SSSR count). The Labute approximate surface area is 155 Å². The first kappa shape index (κ1) is 16.8. The Morgan fingerprint density at radius 1 is 1.15 bits per heavy atom. The van der Waals surface area contributed by atoms with Crippen LogP contribution in [0.5, 0.6) is 11.5 Å². The molecule has 1 aromatic carbocycles. The first-order chi connectivity index (χ1) is 13.1. The maximum absolute atomic E-state index is 12.3. The summed E-state index contributed by atoms with van der Waals surface area (Å²) in [6.07, 6.45) is 1.66. The Morgan fingerprint density at radius 2 is 2.00 bits per heavy atom. The highest BCUT2D eigenvalue weighted by Gasteiger charge is 2.15. The molecule has 2 amide bonds. The number of ether oxygens (including phenoxy) is 2. The molecule has 1 aliphatic rings. The van der Waals surface area contributed by atoms with Gasteiger partial charge in [0.1, 0.15) is 17.8 Å². The summed E-state index contributed by atoms with van der Waals surface area (Å²) < 4.78 is 12.5. The van der Waals surface area contributed by atoms with E-state index in [4.69, 9.17) is 9.47 Å². The Morgan fingerprint density at radius 3 is 2.85 bits per heavy atom. The van der Waals surface area contributed by atoms with E-state index in [1.807, 2.05) is 24.5 Å². The van der Waals surface area contributed by atoms with E-state index < -0.39 is 6.03 Å². The number of amides is 2. The van der Waals surface area contributed by atoms with Crippen LogP contribution < -0.4 is 20.1 Å². The van der Waals surface area contributed by atoms with Gasteiger partial charge in [-0.3, -0.25) is 5.32 Å². The molecule has 27 heavy (non-hydrogen) atoms. The van der Waals surface area contributed by atoms with Crippen LogP contribution in [0.1, 0.15) is 19.9 Å². The minimum Gasteiger partial charge on any atom is -0.454 e. The molecule has 0 radical (unpaired) electrons. The molecule has 9 nitrogen and oxygen atoms in total. The number of hydrogen-bond acceptors (Lipinski definition) is 6. The summed E-state index contributed by atoms with van der Waals surface area (Å²) in [6.45, 7) is 4.25. The van der Waals surface area contributed by atoms with E-state index >= 15 is 0 Å². The van der Waals surface area contributed by atoms with Crippen LogP contribution in [0.25, 0.3) is 11.5 Å². The van der Waals surface area contributed by atoms with Crippen molar-refractivity contribution in [2.24, 2.45) is 0 Å². The van der Waals surface area contributed by atoms with Crippen LogP contribution in [0, 0.1) is 0 Å². The second kappa shape index (κ2) is 6.94. The minimum absolute atomic E-state index is 0.183. The van der Waals surface area contributed by atoms with E-state index in [0.717, 1.165) is 0 Å². The summed E-state index contributed by atoms with van der Waals surface area (Å²) >= 11 is 0. The second-order valence-corrected chi connectivity index (χ2v) is 6.21. The lowest BCUT2D eigenvalue weighted by molar-refractivity contribution is 0.174. The third-order valence-corrected chi connectivity index (χ3v) is 3.98. The van der Waals surface area contributed by atoms with Gasteiger partial charge in [0, 0.05) is 17.8 Å².